The smallest absolute Gasteiger partial charge is 0.124 e. The van der Waals surface area contributed by atoms with Crippen LogP contribution in [0.4, 0.5) is 5.82 Å². The Labute approximate surface area is 66.4 Å². The molecule has 0 aliphatic carbocycles. The van der Waals surface area contributed by atoms with Crippen LogP contribution >= 0.6 is 15.9 Å². The molecule has 3 heteroatoms. The summed E-state index contributed by atoms with van der Waals surface area (Å²) in [5.41, 5.74) is 5.52. The second-order valence-corrected chi connectivity index (χ2v) is 2.33. The molecule has 2 nitrogen and oxygen atoms in total. The molecule has 0 aliphatic heterocycles. The molecule has 1 heterocycles. The third-order valence-corrected chi connectivity index (χ3v) is 1.47. The first-order chi connectivity index (χ1) is 5.41. The van der Waals surface area contributed by atoms with Gasteiger partial charge in [-0.1, -0.05) is 6.07 Å². The average molecular weight is 190 g/mol. The van der Waals surface area contributed by atoms with Crippen molar-refractivity contribution >= 4 is 21.7 Å². The molecule has 1 rings (SSSR count). The molecule has 0 spiro atoms. The number of halogens is 1. The van der Waals surface area contributed by atoms with Crippen LogP contribution in [0, 0.1) is 6.85 Å². The largest absolute Gasteiger partial charge is 0.384 e. The molecule has 0 aliphatic rings. The molecule has 0 fully saturated rings. The maximum Gasteiger partial charge on any atom is 0.124 e. The lowest BCUT2D eigenvalue weighted by atomic mass is 10.3. The SMILES string of the molecule is [2H]C([2H])([2H])c1ccc(N)nc1Br. The van der Waals surface area contributed by atoms with Gasteiger partial charge in [-0.3, -0.25) is 0 Å². The number of hydrogen-bond donors (Lipinski definition) is 1. The maximum absolute atomic E-state index is 7.11. The Kier molecular flexibility index (Phi) is 0.931. The molecule has 0 amide bonds. The van der Waals surface area contributed by atoms with Gasteiger partial charge in [-0.05, 0) is 34.4 Å². The van der Waals surface area contributed by atoms with Crippen LogP contribution in [0.25, 0.3) is 0 Å². The van der Waals surface area contributed by atoms with E-state index in [0.29, 0.717) is 5.82 Å². The highest BCUT2D eigenvalue weighted by Gasteiger charge is 1.93. The van der Waals surface area contributed by atoms with Crippen LogP contribution in [0.5, 0.6) is 0 Å². The Morgan fingerprint density at radius 2 is 2.56 bits per heavy atom. The summed E-state index contributed by atoms with van der Waals surface area (Å²) in [5, 5.41) is 0. The van der Waals surface area contributed by atoms with Gasteiger partial charge in [-0.25, -0.2) is 4.98 Å². The predicted octanol–water partition coefficient (Wildman–Crippen LogP) is 1.73. The normalized spacial score (nSPS) is 15.9. The van der Waals surface area contributed by atoms with Crippen LogP contribution < -0.4 is 5.73 Å². The van der Waals surface area contributed by atoms with Crippen molar-refractivity contribution in [2.75, 3.05) is 5.73 Å². The van der Waals surface area contributed by atoms with Gasteiger partial charge in [0, 0.05) is 4.11 Å². The van der Waals surface area contributed by atoms with E-state index in [0.717, 1.165) is 0 Å². The summed E-state index contributed by atoms with van der Waals surface area (Å²) in [7, 11) is 0. The molecule has 0 atom stereocenters. The number of aryl methyl sites for hydroxylation is 1. The number of rotatable bonds is 0. The lowest BCUT2D eigenvalue weighted by molar-refractivity contribution is 1.23. The van der Waals surface area contributed by atoms with Crippen molar-refractivity contribution in [2.24, 2.45) is 0 Å². The number of nitrogens with zero attached hydrogens (tertiary/aromatic N) is 1. The fraction of sp³-hybridized carbons (Fsp3) is 0.167. The van der Waals surface area contributed by atoms with Crippen LogP contribution in [0.1, 0.15) is 9.68 Å². The van der Waals surface area contributed by atoms with Crippen LogP contribution in [0.3, 0.4) is 0 Å². The summed E-state index contributed by atoms with van der Waals surface area (Å²) in [4.78, 5) is 3.77. The summed E-state index contributed by atoms with van der Waals surface area (Å²) in [6.07, 6.45) is 0. The molecule has 0 saturated carbocycles. The summed E-state index contributed by atoms with van der Waals surface area (Å²) < 4.78 is 21.6. The van der Waals surface area contributed by atoms with E-state index in [4.69, 9.17) is 9.85 Å². The molecule has 48 valence electrons. The lowest BCUT2D eigenvalue weighted by Crippen LogP contribution is -1.90. The fourth-order valence-electron chi connectivity index (χ4n) is 0.448. The van der Waals surface area contributed by atoms with Gasteiger partial charge < -0.3 is 5.73 Å². The number of nitrogen functional groups attached to an aromatic ring is 1. The number of nitrogens with two attached hydrogens (primary N) is 1. The van der Waals surface area contributed by atoms with Gasteiger partial charge in [0.25, 0.3) is 0 Å². The van der Waals surface area contributed by atoms with Crippen molar-refractivity contribution in [3.63, 3.8) is 0 Å². The molecule has 0 aromatic carbocycles. The highest BCUT2D eigenvalue weighted by atomic mass is 79.9. The van der Waals surface area contributed by atoms with Gasteiger partial charge in [0.05, 0.1) is 0 Å². The highest BCUT2D eigenvalue weighted by Crippen LogP contribution is 2.13. The lowest BCUT2D eigenvalue weighted by Gasteiger charge is -1.95. The first-order valence-corrected chi connectivity index (χ1v) is 3.13. The number of pyridine rings is 1. The molecule has 9 heavy (non-hydrogen) atoms. The van der Waals surface area contributed by atoms with E-state index in [2.05, 4.69) is 20.9 Å². The van der Waals surface area contributed by atoms with Gasteiger partial charge >= 0.3 is 0 Å². The van der Waals surface area contributed by atoms with Crippen molar-refractivity contribution in [1.29, 1.82) is 0 Å². The summed E-state index contributed by atoms with van der Waals surface area (Å²) >= 11 is 3.03. The average Bonchev–Trinajstić information content (AvgIpc) is 1.83. The molecule has 0 saturated heterocycles. The van der Waals surface area contributed by atoms with Gasteiger partial charge in [-0.15, -0.1) is 0 Å². The maximum atomic E-state index is 7.11. The van der Waals surface area contributed by atoms with E-state index in [1.165, 1.54) is 12.1 Å². The minimum Gasteiger partial charge on any atom is -0.384 e. The Morgan fingerprint density at radius 1 is 1.78 bits per heavy atom. The van der Waals surface area contributed by atoms with Crippen molar-refractivity contribution in [3.05, 3.63) is 22.3 Å². The van der Waals surface area contributed by atoms with E-state index in [1.807, 2.05) is 0 Å². The van der Waals surface area contributed by atoms with E-state index >= 15 is 0 Å². The first kappa shape index (κ1) is 3.56. The summed E-state index contributed by atoms with van der Waals surface area (Å²) in [6, 6.07) is 2.91. The quantitative estimate of drug-likeness (QED) is 0.632. The number of anilines is 1. The second-order valence-electron chi connectivity index (χ2n) is 1.57. The van der Waals surface area contributed by atoms with Gasteiger partial charge in [0.2, 0.25) is 0 Å². The Bertz CT molecular complexity index is 297. The minimum absolute atomic E-state index is 0.178. The monoisotopic (exact) mass is 189 g/mol. The Balaban J connectivity index is 3.19. The van der Waals surface area contributed by atoms with E-state index < -0.39 is 6.85 Å². The number of aromatic nitrogens is 1. The van der Waals surface area contributed by atoms with Crippen molar-refractivity contribution in [2.45, 2.75) is 6.85 Å². The van der Waals surface area contributed by atoms with Crippen molar-refractivity contribution in [3.8, 4) is 0 Å². The van der Waals surface area contributed by atoms with Crippen molar-refractivity contribution < 1.29 is 4.11 Å². The van der Waals surface area contributed by atoms with Gasteiger partial charge in [-0.2, -0.15) is 0 Å². The molecular formula is C6H7BrN2. The fourth-order valence-corrected chi connectivity index (χ4v) is 0.785. The van der Waals surface area contributed by atoms with E-state index in [-0.39, 0.29) is 10.2 Å². The third kappa shape index (κ3) is 1.42. The molecule has 0 unspecified atom stereocenters. The first-order valence-electron chi connectivity index (χ1n) is 3.84. The number of hydrogen-bond acceptors (Lipinski definition) is 2. The van der Waals surface area contributed by atoms with Crippen LogP contribution in [-0.4, -0.2) is 4.98 Å². The second kappa shape index (κ2) is 2.35. The summed E-state index contributed by atoms with van der Waals surface area (Å²) in [5.74, 6) is 0.301. The standard InChI is InChI=1S/C6H7BrN2/c1-4-2-3-5(8)9-6(4)7/h2-3H,1H3,(H2,8,9)/i1D3. The predicted molar refractivity (Wildman–Crippen MR) is 41.1 cm³/mol. The Morgan fingerprint density at radius 3 is 3.11 bits per heavy atom. The zero-order valence-electron chi connectivity index (χ0n) is 7.56. The minimum atomic E-state index is -2.14. The third-order valence-electron chi connectivity index (χ3n) is 0.870. The topological polar surface area (TPSA) is 38.9 Å². The zero-order valence-corrected chi connectivity index (χ0v) is 6.14. The van der Waals surface area contributed by atoms with Crippen LogP contribution in [0.15, 0.2) is 16.7 Å². The molecule has 1 aromatic rings. The van der Waals surface area contributed by atoms with Crippen LogP contribution in [-0.2, 0) is 0 Å². The van der Waals surface area contributed by atoms with Crippen LogP contribution in [0.2, 0.25) is 0 Å². The molecule has 0 radical (unpaired) electrons. The molecular weight excluding hydrogens is 180 g/mol. The molecule has 2 N–H and O–H groups in total. The van der Waals surface area contributed by atoms with Gasteiger partial charge in [0.15, 0.2) is 0 Å². The zero-order chi connectivity index (χ0) is 9.35. The van der Waals surface area contributed by atoms with Gasteiger partial charge in [0.1, 0.15) is 10.4 Å². The molecule has 1 aromatic heterocycles. The molecule has 0 bridgehead atoms. The van der Waals surface area contributed by atoms with E-state index in [1.54, 1.807) is 0 Å². The van der Waals surface area contributed by atoms with Crippen molar-refractivity contribution in [1.82, 2.24) is 4.98 Å². The van der Waals surface area contributed by atoms with E-state index in [9.17, 15) is 0 Å². The summed E-state index contributed by atoms with van der Waals surface area (Å²) in [6.45, 7) is -2.14. The highest BCUT2D eigenvalue weighted by molar-refractivity contribution is 9.10. The Hall–Kier alpha value is -0.570.